The van der Waals surface area contributed by atoms with Crippen LogP contribution in [0.2, 0.25) is 0 Å². The number of hydrogen-bond acceptors (Lipinski definition) is 3. The number of carbonyl (C=O) groups excluding carboxylic acids is 1. The van der Waals surface area contributed by atoms with Crippen molar-refractivity contribution in [2.75, 3.05) is 25.2 Å². The van der Waals surface area contributed by atoms with Gasteiger partial charge in [-0.05, 0) is 30.2 Å². The van der Waals surface area contributed by atoms with Gasteiger partial charge in [0.15, 0.2) is 0 Å². The van der Waals surface area contributed by atoms with Gasteiger partial charge in [-0.15, -0.1) is 0 Å². The summed E-state index contributed by atoms with van der Waals surface area (Å²) in [7, 11) is 1.67. The molecule has 2 aromatic rings. The molecule has 0 N–H and O–H groups in total. The Bertz CT molecular complexity index is 712. The molecule has 0 fully saturated rings. The van der Waals surface area contributed by atoms with Crippen LogP contribution in [0.25, 0.3) is 11.1 Å². The van der Waals surface area contributed by atoms with Crippen molar-refractivity contribution in [1.82, 2.24) is 0 Å². The molecule has 0 saturated heterocycles. The van der Waals surface area contributed by atoms with E-state index in [1.165, 1.54) is 0 Å². The predicted molar refractivity (Wildman–Crippen MR) is 90.7 cm³/mol. The lowest BCUT2D eigenvalue weighted by molar-refractivity contribution is -0.123. The van der Waals surface area contributed by atoms with Gasteiger partial charge in [-0.1, -0.05) is 31.2 Å². The zero-order valence-electron chi connectivity index (χ0n) is 13.5. The van der Waals surface area contributed by atoms with Crippen LogP contribution in [0.5, 0.6) is 5.75 Å². The first-order chi connectivity index (χ1) is 11.2. The van der Waals surface area contributed by atoms with Gasteiger partial charge in [-0.3, -0.25) is 4.79 Å². The average molecular weight is 311 g/mol. The van der Waals surface area contributed by atoms with Crippen molar-refractivity contribution in [1.29, 1.82) is 0 Å². The standard InChI is InChI=1S/C19H21NO3/c1-3-10-20-17-9-8-14(11-15(17)12-23-13-19(20)21)16-6-4-5-7-18(16)22-2/h4-9,11H,3,10,12-13H2,1-2H3. The number of nitrogens with zero attached hydrogens (tertiary/aromatic N) is 1. The highest BCUT2D eigenvalue weighted by Gasteiger charge is 2.22. The minimum Gasteiger partial charge on any atom is -0.496 e. The molecule has 0 atom stereocenters. The molecule has 3 rings (SSSR count). The van der Waals surface area contributed by atoms with E-state index < -0.39 is 0 Å². The fraction of sp³-hybridized carbons (Fsp3) is 0.316. The third-order valence-electron chi connectivity index (χ3n) is 4.02. The Balaban J connectivity index is 2.05. The Morgan fingerprint density at radius 2 is 2.00 bits per heavy atom. The summed E-state index contributed by atoms with van der Waals surface area (Å²) in [5.41, 5.74) is 4.09. The number of methoxy groups -OCH3 is 1. The maximum absolute atomic E-state index is 12.2. The quantitative estimate of drug-likeness (QED) is 0.865. The molecule has 0 unspecified atom stereocenters. The highest BCUT2D eigenvalue weighted by molar-refractivity contribution is 5.96. The molecule has 1 heterocycles. The van der Waals surface area contributed by atoms with Crippen molar-refractivity contribution in [3.05, 3.63) is 48.0 Å². The minimum absolute atomic E-state index is 0.0237. The molecule has 1 aliphatic rings. The molecule has 120 valence electrons. The maximum atomic E-state index is 12.2. The summed E-state index contributed by atoms with van der Waals surface area (Å²) < 4.78 is 11.0. The molecule has 0 aromatic heterocycles. The van der Waals surface area contributed by atoms with Crippen LogP contribution in [-0.2, 0) is 16.1 Å². The van der Waals surface area contributed by atoms with Gasteiger partial charge >= 0.3 is 0 Å². The first-order valence-electron chi connectivity index (χ1n) is 7.89. The van der Waals surface area contributed by atoms with Crippen molar-refractivity contribution in [3.63, 3.8) is 0 Å². The first kappa shape index (κ1) is 15.6. The van der Waals surface area contributed by atoms with Crippen LogP contribution >= 0.6 is 0 Å². The fourth-order valence-corrected chi connectivity index (χ4v) is 2.94. The van der Waals surface area contributed by atoms with Crippen molar-refractivity contribution < 1.29 is 14.3 Å². The zero-order valence-corrected chi connectivity index (χ0v) is 13.5. The lowest BCUT2D eigenvalue weighted by Gasteiger charge is -2.22. The molecule has 1 aliphatic heterocycles. The van der Waals surface area contributed by atoms with Crippen molar-refractivity contribution in [2.45, 2.75) is 20.0 Å². The van der Waals surface area contributed by atoms with Gasteiger partial charge in [-0.25, -0.2) is 0 Å². The van der Waals surface area contributed by atoms with Crippen LogP contribution in [0.4, 0.5) is 5.69 Å². The Morgan fingerprint density at radius 3 is 2.78 bits per heavy atom. The monoisotopic (exact) mass is 311 g/mol. The molecule has 0 spiro atoms. The Morgan fingerprint density at radius 1 is 1.17 bits per heavy atom. The molecule has 1 amide bonds. The van der Waals surface area contributed by atoms with Crippen molar-refractivity contribution in [3.8, 4) is 16.9 Å². The van der Waals surface area contributed by atoms with Crippen LogP contribution < -0.4 is 9.64 Å². The highest BCUT2D eigenvalue weighted by atomic mass is 16.5. The van der Waals surface area contributed by atoms with Crippen LogP contribution in [-0.4, -0.2) is 26.2 Å². The van der Waals surface area contributed by atoms with E-state index in [4.69, 9.17) is 9.47 Å². The van der Waals surface area contributed by atoms with E-state index in [-0.39, 0.29) is 12.5 Å². The Hall–Kier alpha value is -2.33. The number of anilines is 1. The maximum Gasteiger partial charge on any atom is 0.252 e. The third-order valence-corrected chi connectivity index (χ3v) is 4.02. The lowest BCUT2D eigenvalue weighted by atomic mass is 10.0. The number of hydrogen-bond donors (Lipinski definition) is 0. The van der Waals surface area contributed by atoms with Crippen LogP contribution in [0.15, 0.2) is 42.5 Å². The van der Waals surface area contributed by atoms with Gasteiger partial charge in [0, 0.05) is 23.4 Å². The summed E-state index contributed by atoms with van der Waals surface area (Å²) >= 11 is 0. The van der Waals surface area contributed by atoms with Gasteiger partial charge in [0.25, 0.3) is 5.91 Å². The van der Waals surface area contributed by atoms with Gasteiger partial charge in [-0.2, -0.15) is 0 Å². The van der Waals surface area contributed by atoms with Crippen LogP contribution in [0.3, 0.4) is 0 Å². The Kier molecular flexibility index (Phi) is 4.63. The minimum atomic E-state index is 0.0237. The van der Waals surface area contributed by atoms with Gasteiger partial charge in [0.1, 0.15) is 12.4 Å². The SMILES string of the molecule is CCCN1C(=O)COCc2cc(-c3ccccc3OC)ccc21. The average Bonchev–Trinajstić information content (AvgIpc) is 2.74. The molecule has 0 aliphatic carbocycles. The van der Waals surface area contributed by atoms with Gasteiger partial charge < -0.3 is 14.4 Å². The molecule has 2 aromatic carbocycles. The smallest absolute Gasteiger partial charge is 0.252 e. The number of carbonyl (C=O) groups is 1. The van der Waals surface area contributed by atoms with Crippen LogP contribution in [0.1, 0.15) is 18.9 Å². The number of benzene rings is 2. The number of amides is 1. The fourth-order valence-electron chi connectivity index (χ4n) is 2.94. The number of para-hydroxylation sites is 1. The van der Waals surface area contributed by atoms with E-state index in [0.29, 0.717) is 13.2 Å². The second-order valence-corrected chi connectivity index (χ2v) is 5.58. The van der Waals surface area contributed by atoms with Crippen molar-refractivity contribution in [2.24, 2.45) is 0 Å². The molecule has 4 heteroatoms. The second kappa shape index (κ2) is 6.84. The summed E-state index contributed by atoms with van der Waals surface area (Å²) in [6, 6.07) is 14.1. The topological polar surface area (TPSA) is 38.8 Å². The van der Waals surface area contributed by atoms with E-state index in [0.717, 1.165) is 34.5 Å². The largest absolute Gasteiger partial charge is 0.496 e. The normalized spacial score (nSPS) is 14.3. The van der Waals surface area contributed by atoms with Crippen molar-refractivity contribution >= 4 is 11.6 Å². The van der Waals surface area contributed by atoms with E-state index >= 15 is 0 Å². The summed E-state index contributed by atoms with van der Waals surface area (Å²) in [5.74, 6) is 0.860. The lowest BCUT2D eigenvalue weighted by Crippen LogP contribution is -2.33. The van der Waals surface area contributed by atoms with E-state index in [9.17, 15) is 4.79 Å². The van der Waals surface area contributed by atoms with Crippen LogP contribution in [0, 0.1) is 0 Å². The number of fused-ring (bicyclic) bond motifs is 1. The summed E-state index contributed by atoms with van der Waals surface area (Å²) in [4.78, 5) is 14.0. The molecule has 4 nitrogen and oxygen atoms in total. The van der Waals surface area contributed by atoms with Gasteiger partial charge in [0.2, 0.25) is 0 Å². The zero-order chi connectivity index (χ0) is 16.2. The number of ether oxygens (including phenoxy) is 2. The molecule has 0 saturated carbocycles. The number of rotatable bonds is 4. The molecular weight excluding hydrogens is 290 g/mol. The van der Waals surface area contributed by atoms with E-state index in [2.05, 4.69) is 13.0 Å². The summed E-state index contributed by atoms with van der Waals surface area (Å²) in [6.45, 7) is 3.37. The van der Waals surface area contributed by atoms with E-state index in [1.54, 1.807) is 7.11 Å². The third kappa shape index (κ3) is 3.08. The molecular formula is C19H21NO3. The summed E-state index contributed by atoms with van der Waals surface area (Å²) in [6.07, 6.45) is 0.916. The Labute approximate surface area is 136 Å². The predicted octanol–water partition coefficient (Wildman–Crippen LogP) is 3.64. The van der Waals surface area contributed by atoms with Gasteiger partial charge in [0.05, 0.1) is 13.7 Å². The summed E-state index contributed by atoms with van der Waals surface area (Å²) in [5, 5.41) is 0. The molecule has 0 bridgehead atoms. The highest BCUT2D eigenvalue weighted by Crippen LogP contribution is 2.34. The second-order valence-electron chi connectivity index (χ2n) is 5.58. The van der Waals surface area contributed by atoms with E-state index in [1.807, 2.05) is 41.3 Å². The molecule has 0 radical (unpaired) electrons. The molecule has 23 heavy (non-hydrogen) atoms. The first-order valence-corrected chi connectivity index (χ1v) is 7.89.